The minimum Gasteiger partial charge on any atom is -0.492 e. The molecule has 2 amide bonds. The molecule has 0 unspecified atom stereocenters. The molecule has 3 rings (SSSR count). The number of nitriles is 1. The van der Waals surface area contributed by atoms with Gasteiger partial charge in [0.1, 0.15) is 18.4 Å². The summed E-state index contributed by atoms with van der Waals surface area (Å²) in [5, 5.41) is 8.36. The molecule has 0 bridgehead atoms. The number of carbonyl (C=O) groups excluding carboxylic acids is 2. The number of imide groups is 1. The van der Waals surface area contributed by atoms with Crippen LogP contribution >= 0.6 is 11.8 Å². The van der Waals surface area contributed by atoms with E-state index in [9.17, 15) is 9.59 Å². The van der Waals surface area contributed by atoms with Gasteiger partial charge in [0.25, 0.3) is 11.1 Å². The molecule has 0 radical (unpaired) electrons. The quantitative estimate of drug-likeness (QED) is 0.560. The molecule has 0 aromatic heterocycles. The number of amides is 2. The molecule has 0 aliphatic carbocycles. The lowest BCUT2D eigenvalue weighted by Gasteiger charge is -2.13. The smallest absolute Gasteiger partial charge is 0.293 e. The molecule has 1 aliphatic rings. The van der Waals surface area contributed by atoms with Crippen LogP contribution < -0.4 is 14.2 Å². The van der Waals surface area contributed by atoms with Crippen molar-refractivity contribution in [2.45, 2.75) is 6.92 Å². The highest BCUT2D eigenvalue weighted by molar-refractivity contribution is 8.18. The number of carbonyl (C=O) groups is 2. The third-order valence-electron chi connectivity index (χ3n) is 4.06. The van der Waals surface area contributed by atoms with Crippen molar-refractivity contribution in [3.05, 3.63) is 59.0 Å². The number of ether oxygens (including phenoxy) is 3. The van der Waals surface area contributed by atoms with Crippen molar-refractivity contribution in [1.29, 1.82) is 5.26 Å². The second-order valence-corrected chi connectivity index (χ2v) is 7.07. The van der Waals surface area contributed by atoms with Crippen LogP contribution in [0.3, 0.4) is 0 Å². The maximum atomic E-state index is 12.7. The topological polar surface area (TPSA) is 88.9 Å². The highest BCUT2D eigenvalue weighted by atomic mass is 32.2. The van der Waals surface area contributed by atoms with E-state index >= 15 is 0 Å². The first kappa shape index (κ1) is 21.3. The summed E-state index contributed by atoms with van der Waals surface area (Å²) < 4.78 is 16.5. The second kappa shape index (κ2) is 10.4. The van der Waals surface area contributed by atoms with E-state index < -0.39 is 0 Å². The molecular formula is C22H20N2O5S. The Bertz CT molecular complexity index is 985. The molecule has 30 heavy (non-hydrogen) atoms. The Balaban J connectivity index is 1.68. The van der Waals surface area contributed by atoms with Crippen LogP contribution in [0.25, 0.3) is 6.08 Å². The largest absolute Gasteiger partial charge is 0.492 e. The van der Waals surface area contributed by atoms with Crippen molar-refractivity contribution >= 4 is 29.0 Å². The van der Waals surface area contributed by atoms with Crippen molar-refractivity contribution in [1.82, 2.24) is 4.90 Å². The maximum Gasteiger partial charge on any atom is 0.293 e. The molecule has 8 heteroatoms. The zero-order valence-electron chi connectivity index (χ0n) is 16.4. The zero-order valence-corrected chi connectivity index (χ0v) is 17.2. The molecule has 0 atom stereocenters. The normalized spacial score (nSPS) is 14.7. The zero-order chi connectivity index (χ0) is 21.3. The summed E-state index contributed by atoms with van der Waals surface area (Å²) in [6, 6.07) is 16.2. The molecule has 1 heterocycles. The van der Waals surface area contributed by atoms with Crippen LogP contribution in [0.2, 0.25) is 0 Å². The van der Waals surface area contributed by atoms with Gasteiger partial charge in [-0.25, -0.2) is 0 Å². The number of hydrogen-bond acceptors (Lipinski definition) is 7. The van der Waals surface area contributed by atoms with Crippen molar-refractivity contribution < 1.29 is 23.8 Å². The second-order valence-electron chi connectivity index (χ2n) is 6.08. The van der Waals surface area contributed by atoms with Gasteiger partial charge >= 0.3 is 0 Å². The number of thioether (sulfide) groups is 1. The number of hydrogen-bond donors (Lipinski definition) is 0. The summed E-state index contributed by atoms with van der Waals surface area (Å²) in [5.74, 6) is 1.24. The average molecular weight is 424 g/mol. The number of para-hydroxylation sites is 1. The van der Waals surface area contributed by atoms with E-state index in [0.29, 0.717) is 34.3 Å². The third kappa shape index (κ3) is 5.33. The van der Waals surface area contributed by atoms with E-state index in [1.165, 1.54) is 4.90 Å². The highest BCUT2D eigenvalue weighted by Gasteiger charge is 2.34. The number of nitrogens with zero attached hydrogens (tertiary/aromatic N) is 2. The molecule has 2 aromatic carbocycles. The average Bonchev–Trinajstić information content (AvgIpc) is 3.01. The monoisotopic (exact) mass is 424 g/mol. The van der Waals surface area contributed by atoms with Crippen molar-refractivity contribution in [2.24, 2.45) is 0 Å². The lowest BCUT2D eigenvalue weighted by atomic mass is 10.2. The molecular weight excluding hydrogens is 404 g/mol. The molecule has 1 saturated heterocycles. The van der Waals surface area contributed by atoms with E-state index in [4.69, 9.17) is 19.5 Å². The van der Waals surface area contributed by atoms with Gasteiger partial charge in [-0.15, -0.1) is 0 Å². The van der Waals surface area contributed by atoms with Gasteiger partial charge in [0.05, 0.1) is 18.1 Å². The molecule has 0 spiro atoms. The van der Waals surface area contributed by atoms with Gasteiger partial charge in [-0.05, 0) is 54.6 Å². The fraction of sp³-hybridized carbons (Fsp3) is 0.227. The summed E-state index contributed by atoms with van der Waals surface area (Å²) in [4.78, 5) is 26.4. The SMILES string of the molecule is CCOc1cc(/C=C2\SC(=O)N(CCOc3ccccc3)C2=O)ccc1OCC#N. The molecule has 7 nitrogen and oxygen atoms in total. The van der Waals surface area contributed by atoms with Gasteiger partial charge in [-0.1, -0.05) is 24.3 Å². The predicted molar refractivity (Wildman–Crippen MR) is 113 cm³/mol. The maximum absolute atomic E-state index is 12.7. The highest BCUT2D eigenvalue weighted by Crippen LogP contribution is 2.34. The predicted octanol–water partition coefficient (Wildman–Crippen LogP) is 4.10. The molecule has 1 aliphatic heterocycles. The summed E-state index contributed by atoms with van der Waals surface area (Å²) >= 11 is 0.888. The van der Waals surface area contributed by atoms with E-state index in [0.717, 1.165) is 11.8 Å². The van der Waals surface area contributed by atoms with E-state index in [1.807, 2.05) is 43.3 Å². The molecule has 1 fully saturated rings. The minimum atomic E-state index is -0.357. The van der Waals surface area contributed by atoms with Crippen molar-refractivity contribution in [3.8, 4) is 23.3 Å². The minimum absolute atomic E-state index is 0.0939. The first-order valence-electron chi connectivity index (χ1n) is 9.32. The molecule has 0 N–H and O–H groups in total. The first-order valence-corrected chi connectivity index (χ1v) is 10.1. The van der Waals surface area contributed by atoms with Crippen molar-refractivity contribution in [3.63, 3.8) is 0 Å². The van der Waals surface area contributed by atoms with Gasteiger partial charge in [0.2, 0.25) is 0 Å². The van der Waals surface area contributed by atoms with Gasteiger partial charge in [-0.3, -0.25) is 14.5 Å². The van der Waals surface area contributed by atoms with Crippen LogP contribution in [0.5, 0.6) is 17.2 Å². The van der Waals surface area contributed by atoms with Crippen LogP contribution in [-0.4, -0.2) is 42.4 Å². The van der Waals surface area contributed by atoms with Crippen LogP contribution in [-0.2, 0) is 4.79 Å². The first-order chi connectivity index (χ1) is 14.6. The van der Waals surface area contributed by atoms with E-state index in [-0.39, 0.29) is 30.9 Å². The van der Waals surface area contributed by atoms with Crippen LogP contribution in [0.4, 0.5) is 4.79 Å². The summed E-state index contributed by atoms with van der Waals surface area (Å²) in [6.07, 6.45) is 1.64. The fourth-order valence-corrected chi connectivity index (χ4v) is 3.59. The van der Waals surface area contributed by atoms with E-state index in [1.54, 1.807) is 24.3 Å². The van der Waals surface area contributed by atoms with Crippen LogP contribution in [0, 0.1) is 11.3 Å². The number of benzene rings is 2. The lowest BCUT2D eigenvalue weighted by Crippen LogP contribution is -2.32. The Hall–Kier alpha value is -3.44. The Morgan fingerprint density at radius 2 is 1.87 bits per heavy atom. The summed E-state index contributed by atoms with van der Waals surface area (Å²) in [5.41, 5.74) is 0.689. The van der Waals surface area contributed by atoms with Crippen LogP contribution in [0.1, 0.15) is 12.5 Å². The summed E-state index contributed by atoms with van der Waals surface area (Å²) in [6.45, 7) is 2.55. The Morgan fingerprint density at radius 1 is 1.07 bits per heavy atom. The van der Waals surface area contributed by atoms with Crippen molar-refractivity contribution in [2.75, 3.05) is 26.4 Å². The third-order valence-corrected chi connectivity index (χ3v) is 4.97. The molecule has 0 saturated carbocycles. The Labute approximate surface area is 178 Å². The molecule has 154 valence electrons. The lowest BCUT2D eigenvalue weighted by molar-refractivity contribution is -0.123. The summed E-state index contributed by atoms with van der Waals surface area (Å²) in [7, 11) is 0. The van der Waals surface area contributed by atoms with Gasteiger partial charge in [0, 0.05) is 0 Å². The van der Waals surface area contributed by atoms with E-state index in [2.05, 4.69) is 0 Å². The van der Waals surface area contributed by atoms with Gasteiger partial charge in [0.15, 0.2) is 18.1 Å². The van der Waals surface area contributed by atoms with Crippen LogP contribution in [0.15, 0.2) is 53.4 Å². The molecule has 2 aromatic rings. The Kier molecular flexibility index (Phi) is 7.35. The number of rotatable bonds is 9. The fourth-order valence-electron chi connectivity index (χ4n) is 2.73. The standard InChI is InChI=1S/C22H20N2O5S/c1-2-27-19-14-16(8-9-18(19)29-12-10-23)15-20-21(25)24(22(26)30-20)11-13-28-17-6-4-3-5-7-17/h3-9,14-15H,2,11-13H2,1H3/b20-15-. The van der Waals surface area contributed by atoms with Gasteiger partial charge < -0.3 is 14.2 Å². The Morgan fingerprint density at radius 3 is 2.60 bits per heavy atom. The van der Waals surface area contributed by atoms with Gasteiger partial charge in [-0.2, -0.15) is 5.26 Å².